The van der Waals surface area contributed by atoms with Crippen molar-refractivity contribution in [2.45, 2.75) is 106 Å². The van der Waals surface area contributed by atoms with Crippen LogP contribution in [0.3, 0.4) is 0 Å². The second kappa shape index (κ2) is 15.6. The molecule has 0 radical (unpaired) electrons. The molecular weight excluding hydrogens is 712 g/mol. The highest BCUT2D eigenvalue weighted by atomic mass is 16.8. The largest absolute Gasteiger partial charge is 0.507 e. The van der Waals surface area contributed by atoms with Crippen LogP contribution in [0.2, 0.25) is 0 Å². The molecule has 15 atom stereocenters. The molecule has 19 heteroatoms. The van der Waals surface area contributed by atoms with Crippen molar-refractivity contribution >= 4 is 11.0 Å². The molecule has 6 rings (SSSR count). The fourth-order valence-electron chi connectivity index (χ4n) is 6.32. The van der Waals surface area contributed by atoms with Crippen LogP contribution in [0, 0.1) is 0 Å². The van der Waals surface area contributed by atoms with Crippen LogP contribution >= 0.6 is 0 Å². The van der Waals surface area contributed by atoms with Gasteiger partial charge in [0.25, 0.3) is 0 Å². The molecule has 3 saturated heterocycles. The fourth-order valence-corrected chi connectivity index (χ4v) is 6.32. The lowest BCUT2D eigenvalue weighted by Crippen LogP contribution is -2.65. The number of rotatable bonds is 9. The number of aliphatic hydroxyl groups excluding tert-OH is 8. The normalized spacial score (nSPS) is 37.8. The molecule has 3 aliphatic heterocycles. The lowest BCUT2D eigenvalue weighted by Gasteiger charge is -2.46. The van der Waals surface area contributed by atoms with Gasteiger partial charge in [-0.25, -0.2) is 0 Å². The van der Waals surface area contributed by atoms with E-state index in [1.165, 1.54) is 45.2 Å². The summed E-state index contributed by atoms with van der Waals surface area (Å²) >= 11 is 0. The number of fused-ring (bicyclic) bond motifs is 1. The molecule has 4 heterocycles. The van der Waals surface area contributed by atoms with Crippen LogP contribution in [-0.2, 0) is 23.7 Å². The molecule has 3 fully saturated rings. The topological polar surface area (TPSA) is 297 Å². The zero-order chi connectivity index (χ0) is 38.5. The lowest BCUT2D eigenvalue weighted by atomic mass is 9.97. The third kappa shape index (κ3) is 7.67. The van der Waals surface area contributed by atoms with Gasteiger partial charge in [-0.15, -0.1) is 0 Å². The van der Waals surface area contributed by atoms with Gasteiger partial charge in [0.2, 0.25) is 6.29 Å². The van der Waals surface area contributed by atoms with Gasteiger partial charge in [-0.1, -0.05) is 0 Å². The first-order valence-corrected chi connectivity index (χ1v) is 16.6. The van der Waals surface area contributed by atoms with Crippen molar-refractivity contribution in [3.05, 3.63) is 46.6 Å². The Balaban J connectivity index is 1.31. The number of methoxy groups -OCH3 is 1. The van der Waals surface area contributed by atoms with Gasteiger partial charge in [0.05, 0.1) is 25.9 Å². The van der Waals surface area contributed by atoms with E-state index in [1.807, 2.05) is 0 Å². The van der Waals surface area contributed by atoms with Gasteiger partial charge in [0, 0.05) is 23.8 Å². The second-order valence-electron chi connectivity index (χ2n) is 13.1. The van der Waals surface area contributed by atoms with Crippen LogP contribution in [0.1, 0.15) is 13.8 Å². The van der Waals surface area contributed by atoms with Crippen molar-refractivity contribution in [3.8, 4) is 34.3 Å². The molecular formula is C34H42O19. The number of benzene rings is 2. The van der Waals surface area contributed by atoms with Crippen LogP contribution in [0.15, 0.2) is 45.6 Å². The predicted octanol–water partition coefficient (Wildman–Crippen LogP) is -2.24. The monoisotopic (exact) mass is 754 g/mol. The Morgan fingerprint density at radius 1 is 0.679 bits per heavy atom. The lowest BCUT2D eigenvalue weighted by molar-refractivity contribution is -0.360. The first-order chi connectivity index (χ1) is 25.1. The van der Waals surface area contributed by atoms with Crippen molar-refractivity contribution in [1.29, 1.82) is 0 Å². The molecule has 0 amide bonds. The van der Waals surface area contributed by atoms with Crippen molar-refractivity contribution in [2.75, 3.05) is 13.7 Å². The number of hydrogen-bond acceptors (Lipinski definition) is 19. The molecule has 2 aromatic carbocycles. The van der Waals surface area contributed by atoms with Gasteiger partial charge >= 0.3 is 0 Å². The molecule has 19 nitrogen and oxygen atoms in total. The number of phenolic OH excluding ortho intramolecular Hbond substituents is 2. The number of ether oxygens (including phenoxy) is 7. The third-order valence-electron chi connectivity index (χ3n) is 9.48. The average Bonchev–Trinajstić information content (AvgIpc) is 3.12. The van der Waals surface area contributed by atoms with Crippen LogP contribution < -0.4 is 14.9 Å². The SMILES string of the molecule is COc1cc(-c2cc(=O)c3c(O)cc(O[C@@H]4O[C@H](CO[C@@H]5O[C@@H](C)[C@H](O)[C@@H](O)[C@H]5O)[C@@H](O)[C@H](O)[C@H]4O[C@@H]4O[C@@H](C)[C@H](O)[C@@H](O)[C@H]4O)cc3o2)ccc1O. The van der Waals surface area contributed by atoms with E-state index in [9.17, 15) is 55.9 Å². The van der Waals surface area contributed by atoms with E-state index in [2.05, 4.69) is 0 Å². The molecule has 0 spiro atoms. The Bertz CT molecular complexity index is 1800. The van der Waals surface area contributed by atoms with Gasteiger partial charge in [-0.05, 0) is 32.0 Å². The summed E-state index contributed by atoms with van der Waals surface area (Å²) in [6.07, 6.45) is -23.6. The maximum atomic E-state index is 13.1. The number of aliphatic hydroxyl groups is 8. The van der Waals surface area contributed by atoms with E-state index < -0.39 is 110 Å². The molecule has 0 saturated carbocycles. The van der Waals surface area contributed by atoms with Gasteiger partial charge in [-0.3, -0.25) is 4.79 Å². The number of aromatic hydroxyl groups is 2. The van der Waals surface area contributed by atoms with Gasteiger partial charge in [-0.2, -0.15) is 0 Å². The Morgan fingerprint density at radius 2 is 1.32 bits per heavy atom. The predicted molar refractivity (Wildman–Crippen MR) is 175 cm³/mol. The molecule has 0 bridgehead atoms. The zero-order valence-electron chi connectivity index (χ0n) is 28.5. The Kier molecular flexibility index (Phi) is 11.5. The van der Waals surface area contributed by atoms with E-state index in [0.29, 0.717) is 5.56 Å². The van der Waals surface area contributed by atoms with Crippen LogP contribution in [0.25, 0.3) is 22.3 Å². The standard InChI is InChI=1S/C34H42O19/c1-11-23(38)26(41)29(44)32(48-11)47-10-21-25(40)28(43)31(53-33-30(45)27(42)24(39)12(2)49-33)34(52-21)50-14-7-16(36)22-17(37)9-18(51-20(22)8-14)13-4-5-15(35)19(6-13)46-3/h4-9,11-12,21,23-36,38-45H,10H2,1-3H3/t11-,12-,21+,23-,24-,25+,26+,27+,28-,29+,30+,31+,32+,33-,34+/m0/s1. The quantitative estimate of drug-likeness (QED) is 0.110. The summed E-state index contributed by atoms with van der Waals surface area (Å²) in [6.45, 7) is 2.23. The summed E-state index contributed by atoms with van der Waals surface area (Å²) in [6, 6.07) is 7.60. The maximum absolute atomic E-state index is 13.1. The smallest absolute Gasteiger partial charge is 0.229 e. The number of hydrogen-bond donors (Lipinski definition) is 10. The molecule has 292 valence electrons. The minimum atomic E-state index is -1.90. The van der Waals surface area contributed by atoms with E-state index in [0.717, 1.165) is 12.1 Å². The fraction of sp³-hybridized carbons (Fsp3) is 0.559. The summed E-state index contributed by atoms with van der Waals surface area (Å²) in [7, 11) is 1.34. The van der Waals surface area contributed by atoms with Crippen molar-refractivity contribution < 1.29 is 88.6 Å². The highest BCUT2D eigenvalue weighted by Gasteiger charge is 2.52. The minimum absolute atomic E-state index is 0.0283. The second-order valence-corrected chi connectivity index (χ2v) is 13.1. The minimum Gasteiger partial charge on any atom is -0.507 e. The molecule has 3 aromatic rings. The molecule has 10 N–H and O–H groups in total. The van der Waals surface area contributed by atoms with Gasteiger partial charge < -0.3 is 88.6 Å². The van der Waals surface area contributed by atoms with Gasteiger partial charge in [0.1, 0.15) is 83.2 Å². The van der Waals surface area contributed by atoms with E-state index >= 15 is 0 Å². The van der Waals surface area contributed by atoms with Crippen molar-refractivity contribution in [3.63, 3.8) is 0 Å². The zero-order valence-corrected chi connectivity index (χ0v) is 28.5. The average molecular weight is 755 g/mol. The molecule has 1 aromatic heterocycles. The highest BCUT2D eigenvalue weighted by molar-refractivity contribution is 5.86. The first-order valence-electron chi connectivity index (χ1n) is 16.6. The Hall–Kier alpha value is -3.67. The summed E-state index contributed by atoms with van der Waals surface area (Å²) in [5, 5.41) is 105. The summed E-state index contributed by atoms with van der Waals surface area (Å²) < 4.78 is 45.4. The van der Waals surface area contributed by atoms with Crippen LogP contribution in [0.5, 0.6) is 23.0 Å². The van der Waals surface area contributed by atoms with E-state index in [1.54, 1.807) is 0 Å². The Morgan fingerprint density at radius 3 is 1.98 bits per heavy atom. The van der Waals surface area contributed by atoms with Crippen molar-refractivity contribution in [1.82, 2.24) is 0 Å². The number of phenols is 2. The highest BCUT2D eigenvalue weighted by Crippen LogP contribution is 2.37. The van der Waals surface area contributed by atoms with E-state index in [-0.39, 0.29) is 34.0 Å². The summed E-state index contributed by atoms with van der Waals surface area (Å²) in [5.74, 6) is -0.828. The van der Waals surface area contributed by atoms with Crippen LogP contribution in [-0.4, -0.2) is 157 Å². The first kappa shape index (κ1) is 39.0. The summed E-state index contributed by atoms with van der Waals surface area (Å²) in [5.41, 5.74) is -0.469. The summed E-state index contributed by atoms with van der Waals surface area (Å²) in [4.78, 5) is 13.1. The maximum Gasteiger partial charge on any atom is 0.229 e. The van der Waals surface area contributed by atoms with Crippen molar-refractivity contribution in [2.24, 2.45) is 0 Å². The third-order valence-corrected chi connectivity index (χ3v) is 9.48. The van der Waals surface area contributed by atoms with Gasteiger partial charge in [0.15, 0.2) is 35.6 Å². The van der Waals surface area contributed by atoms with Crippen LogP contribution in [0.4, 0.5) is 0 Å². The molecule has 0 unspecified atom stereocenters. The molecule has 3 aliphatic rings. The van der Waals surface area contributed by atoms with E-state index in [4.69, 9.17) is 37.6 Å². The molecule has 53 heavy (non-hydrogen) atoms. The Labute approximate surface area is 300 Å². The molecule has 0 aliphatic carbocycles.